The van der Waals surface area contributed by atoms with Gasteiger partial charge in [0.05, 0.1) is 0 Å². The number of nitrogens with zero attached hydrogens (tertiary/aromatic N) is 2. The van der Waals surface area contributed by atoms with Crippen molar-refractivity contribution >= 4 is 0 Å². The Balaban J connectivity index is 0.000000354. The summed E-state index contributed by atoms with van der Waals surface area (Å²) >= 11 is 0. The molecule has 1 aromatic rings. The normalized spacial score (nSPS) is 8.67. The van der Waals surface area contributed by atoms with Crippen LogP contribution in [0.4, 0.5) is 4.39 Å². The Hall–Kier alpha value is -0.990. The second kappa shape index (κ2) is 6.70. The Morgan fingerprint density at radius 1 is 1.33 bits per heavy atom. The highest BCUT2D eigenvalue weighted by atomic mass is 19.1. The molecule has 12 heavy (non-hydrogen) atoms. The van der Waals surface area contributed by atoms with Gasteiger partial charge in [-0.1, -0.05) is 27.2 Å². The maximum absolute atomic E-state index is 12.1. The van der Waals surface area contributed by atoms with Gasteiger partial charge in [0.15, 0.2) is 0 Å². The Morgan fingerprint density at radius 3 is 2.25 bits per heavy atom. The average molecular weight is 170 g/mol. The Morgan fingerprint density at radius 2 is 1.92 bits per heavy atom. The van der Waals surface area contributed by atoms with Crippen molar-refractivity contribution in [1.29, 1.82) is 0 Å². The van der Waals surface area contributed by atoms with Crippen LogP contribution in [0.25, 0.3) is 0 Å². The highest BCUT2D eigenvalue weighted by molar-refractivity contribution is 4.96. The van der Waals surface area contributed by atoms with Crippen LogP contribution in [0.2, 0.25) is 0 Å². The number of aryl methyl sites for hydroxylation is 1. The van der Waals surface area contributed by atoms with Crippen LogP contribution in [0, 0.1) is 6.08 Å². The molecule has 0 saturated heterocycles. The minimum atomic E-state index is -0.644. The molecule has 1 heterocycles. The fourth-order valence-corrected chi connectivity index (χ4v) is 0.566. The summed E-state index contributed by atoms with van der Waals surface area (Å²) in [5.74, 6) is 0. The summed E-state index contributed by atoms with van der Waals surface area (Å²) < 4.78 is 12.1. The maximum atomic E-state index is 12.1. The largest absolute Gasteiger partial charge is 0.308 e. The van der Waals surface area contributed by atoms with Gasteiger partial charge in [-0.15, -0.1) is 0 Å². The third-order valence-corrected chi connectivity index (χ3v) is 1.05. The van der Waals surface area contributed by atoms with Crippen molar-refractivity contribution in [2.45, 2.75) is 33.6 Å². The Kier molecular flexibility index (Phi) is 6.15. The number of hydrogen-bond donors (Lipinski definition) is 0. The highest BCUT2D eigenvalue weighted by Crippen LogP contribution is 1.93. The SMILES string of the molecule is CCC.CCc1ccnc(F)n1. The number of halogens is 1. The summed E-state index contributed by atoms with van der Waals surface area (Å²) in [4.78, 5) is 6.82. The van der Waals surface area contributed by atoms with Crippen molar-refractivity contribution in [3.05, 3.63) is 24.0 Å². The van der Waals surface area contributed by atoms with E-state index < -0.39 is 6.08 Å². The van der Waals surface area contributed by atoms with Crippen LogP contribution in [0.5, 0.6) is 0 Å². The zero-order valence-electron chi connectivity index (χ0n) is 7.84. The van der Waals surface area contributed by atoms with Crippen LogP contribution in [-0.4, -0.2) is 9.97 Å². The van der Waals surface area contributed by atoms with E-state index in [4.69, 9.17) is 0 Å². The van der Waals surface area contributed by atoms with E-state index in [9.17, 15) is 4.39 Å². The van der Waals surface area contributed by atoms with E-state index in [0.29, 0.717) is 0 Å². The molecule has 68 valence electrons. The molecule has 0 N–H and O–H groups in total. The molecule has 1 rings (SSSR count). The molecule has 0 bridgehead atoms. The first-order valence-electron chi connectivity index (χ1n) is 4.21. The molecule has 0 atom stereocenters. The second-order valence-electron chi connectivity index (χ2n) is 2.38. The van der Waals surface area contributed by atoms with Gasteiger partial charge in [0.1, 0.15) is 0 Å². The molecule has 3 heteroatoms. The lowest BCUT2D eigenvalue weighted by molar-refractivity contribution is 0.532. The van der Waals surface area contributed by atoms with Crippen molar-refractivity contribution in [1.82, 2.24) is 9.97 Å². The van der Waals surface area contributed by atoms with Gasteiger partial charge in [-0.3, -0.25) is 0 Å². The summed E-state index contributed by atoms with van der Waals surface area (Å²) in [6.07, 6.45) is 2.77. The summed E-state index contributed by atoms with van der Waals surface area (Å²) in [5.41, 5.74) is 0.738. The molecule has 0 radical (unpaired) electrons. The minimum Gasteiger partial charge on any atom is -0.211 e. The summed E-state index contributed by atoms with van der Waals surface area (Å²) in [5, 5.41) is 0. The lowest BCUT2D eigenvalue weighted by Gasteiger charge is -1.90. The predicted molar refractivity (Wildman–Crippen MR) is 47.3 cm³/mol. The summed E-state index contributed by atoms with van der Waals surface area (Å²) in [7, 11) is 0. The average Bonchev–Trinajstić information content (AvgIpc) is 2.06. The zero-order valence-corrected chi connectivity index (χ0v) is 7.84. The zero-order chi connectivity index (χ0) is 9.40. The van der Waals surface area contributed by atoms with Gasteiger partial charge in [-0.05, 0) is 12.5 Å². The fourth-order valence-electron chi connectivity index (χ4n) is 0.566. The number of aromatic nitrogens is 2. The smallest absolute Gasteiger partial charge is 0.211 e. The molecule has 2 nitrogen and oxygen atoms in total. The van der Waals surface area contributed by atoms with Gasteiger partial charge in [-0.2, -0.15) is 4.39 Å². The van der Waals surface area contributed by atoms with Crippen molar-refractivity contribution in [2.24, 2.45) is 0 Å². The van der Waals surface area contributed by atoms with Gasteiger partial charge in [0.2, 0.25) is 0 Å². The van der Waals surface area contributed by atoms with Crippen LogP contribution in [-0.2, 0) is 6.42 Å². The monoisotopic (exact) mass is 170 g/mol. The van der Waals surface area contributed by atoms with Crippen molar-refractivity contribution in [3.63, 3.8) is 0 Å². The summed E-state index contributed by atoms with van der Waals surface area (Å²) in [6.45, 7) is 6.17. The Labute approximate surface area is 72.9 Å². The van der Waals surface area contributed by atoms with Crippen LogP contribution in [0.1, 0.15) is 32.9 Å². The molecular weight excluding hydrogens is 155 g/mol. The molecular formula is C9H15FN2. The Bertz CT molecular complexity index is 213. The molecule has 0 aliphatic rings. The molecule has 0 aromatic carbocycles. The van der Waals surface area contributed by atoms with Gasteiger partial charge in [-0.25, -0.2) is 9.97 Å². The standard InChI is InChI=1S/C6H7FN2.C3H8/c1-2-5-3-4-8-6(7)9-5;1-3-2/h3-4H,2H2,1H3;3H2,1-2H3. The van der Waals surface area contributed by atoms with E-state index in [-0.39, 0.29) is 0 Å². The van der Waals surface area contributed by atoms with Crippen LogP contribution < -0.4 is 0 Å². The van der Waals surface area contributed by atoms with E-state index in [2.05, 4.69) is 23.8 Å². The van der Waals surface area contributed by atoms with Crippen molar-refractivity contribution in [2.75, 3.05) is 0 Å². The lowest BCUT2D eigenvalue weighted by Crippen LogP contribution is -1.92. The summed E-state index contributed by atoms with van der Waals surface area (Å²) in [6, 6.07) is 1.70. The van der Waals surface area contributed by atoms with Crippen molar-refractivity contribution in [3.8, 4) is 0 Å². The number of rotatable bonds is 1. The molecule has 0 unspecified atom stereocenters. The van der Waals surface area contributed by atoms with Crippen LogP contribution in [0.3, 0.4) is 0 Å². The van der Waals surface area contributed by atoms with Crippen LogP contribution in [0.15, 0.2) is 12.3 Å². The van der Waals surface area contributed by atoms with Crippen molar-refractivity contribution < 1.29 is 4.39 Å². The van der Waals surface area contributed by atoms with E-state index >= 15 is 0 Å². The van der Waals surface area contributed by atoms with E-state index in [1.54, 1.807) is 6.07 Å². The fraction of sp³-hybridized carbons (Fsp3) is 0.556. The van der Waals surface area contributed by atoms with Gasteiger partial charge < -0.3 is 0 Å². The first-order chi connectivity index (χ1) is 5.74. The first kappa shape index (κ1) is 11.0. The second-order valence-corrected chi connectivity index (χ2v) is 2.38. The van der Waals surface area contributed by atoms with Gasteiger partial charge >= 0.3 is 6.08 Å². The maximum Gasteiger partial charge on any atom is 0.308 e. The molecule has 1 aromatic heterocycles. The first-order valence-corrected chi connectivity index (χ1v) is 4.21. The topological polar surface area (TPSA) is 25.8 Å². The third-order valence-electron chi connectivity index (χ3n) is 1.05. The van der Waals surface area contributed by atoms with E-state index in [1.165, 1.54) is 12.6 Å². The molecule has 0 spiro atoms. The predicted octanol–water partition coefficient (Wildman–Crippen LogP) is 2.59. The third kappa shape index (κ3) is 4.77. The van der Waals surface area contributed by atoms with E-state index in [0.717, 1.165) is 12.1 Å². The quantitative estimate of drug-likeness (QED) is 0.605. The number of hydrogen-bond acceptors (Lipinski definition) is 2. The lowest BCUT2D eigenvalue weighted by atomic mass is 10.3. The van der Waals surface area contributed by atoms with Crippen LogP contribution >= 0.6 is 0 Å². The highest BCUT2D eigenvalue weighted by Gasteiger charge is 1.92. The molecule has 0 fully saturated rings. The molecule has 0 amide bonds. The van der Waals surface area contributed by atoms with Gasteiger partial charge in [0.25, 0.3) is 0 Å². The molecule has 0 saturated carbocycles. The molecule has 0 aliphatic heterocycles. The minimum absolute atomic E-state index is 0.644. The van der Waals surface area contributed by atoms with E-state index in [1.807, 2.05) is 6.92 Å². The van der Waals surface area contributed by atoms with Gasteiger partial charge in [0, 0.05) is 11.9 Å². The molecule has 0 aliphatic carbocycles.